The Labute approximate surface area is 107 Å². The van der Waals surface area contributed by atoms with Crippen LogP contribution in [-0.2, 0) is 17.8 Å². The van der Waals surface area contributed by atoms with Crippen molar-refractivity contribution in [1.82, 2.24) is 9.13 Å². The van der Waals surface area contributed by atoms with Gasteiger partial charge in [-0.25, -0.2) is 4.79 Å². The molecular formula is C14H20N2O2. The molecule has 0 saturated heterocycles. The van der Waals surface area contributed by atoms with E-state index in [-0.39, 0.29) is 5.69 Å². The largest absolute Gasteiger partial charge is 0.382 e. The maximum absolute atomic E-state index is 12.3. The molecule has 18 heavy (non-hydrogen) atoms. The molecule has 98 valence electrons. The maximum atomic E-state index is 12.3. The van der Waals surface area contributed by atoms with Crippen molar-refractivity contribution in [2.24, 2.45) is 0 Å². The van der Waals surface area contributed by atoms with Crippen molar-refractivity contribution in [3.05, 3.63) is 34.7 Å². The maximum Gasteiger partial charge on any atom is 0.329 e. The van der Waals surface area contributed by atoms with E-state index in [0.717, 1.165) is 24.1 Å². The third-order valence-corrected chi connectivity index (χ3v) is 3.12. The number of nitrogens with zero attached hydrogens (tertiary/aromatic N) is 2. The Morgan fingerprint density at radius 3 is 2.39 bits per heavy atom. The summed E-state index contributed by atoms with van der Waals surface area (Å²) in [6.45, 7) is 6.83. The average Bonchev–Trinajstić information content (AvgIpc) is 2.67. The summed E-state index contributed by atoms with van der Waals surface area (Å²) < 4.78 is 8.98. The highest BCUT2D eigenvalue weighted by atomic mass is 16.5. The van der Waals surface area contributed by atoms with E-state index in [2.05, 4.69) is 0 Å². The van der Waals surface area contributed by atoms with Crippen LogP contribution in [0, 0.1) is 0 Å². The molecule has 0 bridgehead atoms. The van der Waals surface area contributed by atoms with Crippen LogP contribution in [0.25, 0.3) is 11.0 Å². The van der Waals surface area contributed by atoms with Crippen LogP contribution in [0.1, 0.15) is 20.3 Å². The number of hydrogen-bond donors (Lipinski definition) is 0. The van der Waals surface area contributed by atoms with Crippen molar-refractivity contribution in [3.8, 4) is 0 Å². The summed E-state index contributed by atoms with van der Waals surface area (Å²) in [4.78, 5) is 12.3. The molecule has 0 unspecified atom stereocenters. The van der Waals surface area contributed by atoms with Crippen molar-refractivity contribution in [1.29, 1.82) is 0 Å². The lowest BCUT2D eigenvalue weighted by Gasteiger charge is -2.03. The van der Waals surface area contributed by atoms with Gasteiger partial charge in [-0.15, -0.1) is 0 Å². The molecule has 0 N–H and O–H groups in total. The van der Waals surface area contributed by atoms with Gasteiger partial charge in [0.2, 0.25) is 0 Å². The third-order valence-electron chi connectivity index (χ3n) is 3.12. The predicted octanol–water partition coefficient (Wildman–Crippen LogP) is 2.25. The second-order valence-electron chi connectivity index (χ2n) is 4.22. The molecule has 0 aliphatic carbocycles. The van der Waals surface area contributed by atoms with Gasteiger partial charge in [-0.05, 0) is 32.4 Å². The van der Waals surface area contributed by atoms with Crippen molar-refractivity contribution in [2.45, 2.75) is 33.4 Å². The van der Waals surface area contributed by atoms with Crippen LogP contribution in [-0.4, -0.2) is 22.3 Å². The second-order valence-corrected chi connectivity index (χ2v) is 4.22. The average molecular weight is 248 g/mol. The fraction of sp³-hybridized carbons (Fsp3) is 0.500. The van der Waals surface area contributed by atoms with Crippen LogP contribution in [0.4, 0.5) is 0 Å². The van der Waals surface area contributed by atoms with Crippen molar-refractivity contribution in [2.75, 3.05) is 13.2 Å². The van der Waals surface area contributed by atoms with Gasteiger partial charge in [-0.1, -0.05) is 12.1 Å². The fourth-order valence-corrected chi connectivity index (χ4v) is 2.26. The highest BCUT2D eigenvalue weighted by Crippen LogP contribution is 2.12. The molecular weight excluding hydrogens is 228 g/mol. The van der Waals surface area contributed by atoms with E-state index in [1.165, 1.54) is 0 Å². The zero-order chi connectivity index (χ0) is 13.0. The number of aromatic nitrogens is 2. The number of ether oxygens (including phenoxy) is 1. The van der Waals surface area contributed by atoms with Crippen LogP contribution in [0.2, 0.25) is 0 Å². The lowest BCUT2D eigenvalue weighted by molar-refractivity contribution is 0.141. The van der Waals surface area contributed by atoms with Crippen molar-refractivity contribution < 1.29 is 4.74 Å². The fourth-order valence-electron chi connectivity index (χ4n) is 2.26. The van der Waals surface area contributed by atoms with E-state index >= 15 is 0 Å². The van der Waals surface area contributed by atoms with Crippen LogP contribution < -0.4 is 5.69 Å². The third kappa shape index (κ3) is 2.34. The van der Waals surface area contributed by atoms with Crippen LogP contribution in [0.3, 0.4) is 0 Å². The zero-order valence-electron chi connectivity index (χ0n) is 11.1. The molecule has 0 spiro atoms. The molecule has 2 aromatic rings. The molecule has 0 fully saturated rings. The van der Waals surface area contributed by atoms with Gasteiger partial charge in [0.15, 0.2) is 0 Å². The van der Waals surface area contributed by atoms with Gasteiger partial charge in [0.25, 0.3) is 0 Å². The monoisotopic (exact) mass is 248 g/mol. The second kappa shape index (κ2) is 5.87. The van der Waals surface area contributed by atoms with Crippen LogP contribution in [0.5, 0.6) is 0 Å². The predicted molar refractivity (Wildman–Crippen MR) is 73.0 cm³/mol. The standard InChI is InChI=1S/C14H20N2O2/c1-3-15-12-8-5-6-9-13(12)16(14(15)17)10-7-11-18-4-2/h5-6,8-9H,3-4,7,10-11H2,1-2H3. The number of hydrogen-bond acceptors (Lipinski definition) is 2. The number of aryl methyl sites for hydroxylation is 2. The topological polar surface area (TPSA) is 36.2 Å². The van der Waals surface area contributed by atoms with E-state index in [4.69, 9.17) is 4.74 Å². The Hall–Kier alpha value is -1.55. The minimum atomic E-state index is 0.0789. The summed E-state index contributed by atoms with van der Waals surface area (Å²) in [7, 11) is 0. The van der Waals surface area contributed by atoms with E-state index in [0.29, 0.717) is 19.7 Å². The summed E-state index contributed by atoms with van der Waals surface area (Å²) in [5, 5.41) is 0. The number of para-hydroxylation sites is 2. The van der Waals surface area contributed by atoms with Gasteiger partial charge in [0.05, 0.1) is 11.0 Å². The van der Waals surface area contributed by atoms with Crippen LogP contribution in [0.15, 0.2) is 29.1 Å². The smallest absolute Gasteiger partial charge is 0.329 e. The Morgan fingerprint density at radius 1 is 1.11 bits per heavy atom. The minimum Gasteiger partial charge on any atom is -0.382 e. The minimum absolute atomic E-state index is 0.0789. The number of imidazole rings is 1. The molecule has 1 heterocycles. The molecule has 2 rings (SSSR count). The zero-order valence-corrected chi connectivity index (χ0v) is 11.1. The van der Waals surface area contributed by atoms with E-state index in [1.54, 1.807) is 0 Å². The lowest BCUT2D eigenvalue weighted by Crippen LogP contribution is -2.24. The molecule has 0 amide bonds. The highest BCUT2D eigenvalue weighted by Gasteiger charge is 2.10. The van der Waals surface area contributed by atoms with Gasteiger partial charge in [0, 0.05) is 26.3 Å². The molecule has 4 nitrogen and oxygen atoms in total. The first-order valence-electron chi connectivity index (χ1n) is 6.55. The normalized spacial score (nSPS) is 11.2. The van der Waals surface area contributed by atoms with Gasteiger partial charge in [-0.2, -0.15) is 0 Å². The molecule has 1 aromatic heterocycles. The summed E-state index contributed by atoms with van der Waals surface area (Å²) in [6, 6.07) is 7.95. The van der Waals surface area contributed by atoms with E-state index in [1.807, 2.05) is 47.2 Å². The summed E-state index contributed by atoms with van der Waals surface area (Å²) in [5.41, 5.74) is 2.11. The first-order valence-corrected chi connectivity index (χ1v) is 6.55. The van der Waals surface area contributed by atoms with E-state index in [9.17, 15) is 4.79 Å². The molecule has 0 atom stereocenters. The van der Waals surface area contributed by atoms with Crippen molar-refractivity contribution >= 4 is 11.0 Å². The van der Waals surface area contributed by atoms with Gasteiger partial charge < -0.3 is 4.74 Å². The first kappa shape index (κ1) is 12.9. The van der Waals surface area contributed by atoms with Gasteiger partial charge in [-0.3, -0.25) is 9.13 Å². The first-order chi connectivity index (χ1) is 8.79. The number of rotatable bonds is 6. The molecule has 4 heteroatoms. The molecule has 1 aromatic carbocycles. The Morgan fingerprint density at radius 2 is 1.78 bits per heavy atom. The van der Waals surface area contributed by atoms with E-state index < -0.39 is 0 Å². The summed E-state index contributed by atoms with van der Waals surface area (Å²) in [5.74, 6) is 0. The number of benzene rings is 1. The summed E-state index contributed by atoms with van der Waals surface area (Å²) in [6.07, 6.45) is 0.867. The summed E-state index contributed by atoms with van der Waals surface area (Å²) >= 11 is 0. The van der Waals surface area contributed by atoms with Crippen LogP contribution >= 0.6 is 0 Å². The SMILES string of the molecule is CCOCCCn1c(=O)n(CC)c2ccccc21. The molecule has 0 aliphatic rings. The van der Waals surface area contributed by atoms with Crippen molar-refractivity contribution in [3.63, 3.8) is 0 Å². The van der Waals surface area contributed by atoms with Gasteiger partial charge in [0.1, 0.15) is 0 Å². The Kier molecular flexibility index (Phi) is 4.20. The Bertz CT molecular complexity index is 569. The quantitative estimate of drug-likeness (QED) is 0.735. The molecule has 0 radical (unpaired) electrons. The molecule has 0 aliphatic heterocycles. The Balaban J connectivity index is 2.32. The molecule has 0 saturated carbocycles. The van der Waals surface area contributed by atoms with Gasteiger partial charge >= 0.3 is 5.69 Å². The lowest BCUT2D eigenvalue weighted by atomic mass is 10.3. The highest BCUT2D eigenvalue weighted by molar-refractivity contribution is 5.75. The number of fused-ring (bicyclic) bond motifs is 1.